The molecule has 0 aromatic carbocycles. The summed E-state index contributed by atoms with van der Waals surface area (Å²) in [4.78, 5) is 4.23. The van der Waals surface area contributed by atoms with E-state index in [4.69, 9.17) is 11.6 Å². The zero-order valence-corrected chi connectivity index (χ0v) is 11.6. The minimum absolute atomic E-state index is 0.715. The standard InChI is InChI=1S/C9H8ClN3S3/c1-14-8-12-13-9(16-8)15-5-7-4-6(10)2-3-11-7/h2-4H,5H2,1H3. The second kappa shape index (κ2) is 5.86. The third-order valence-electron chi connectivity index (χ3n) is 1.68. The average molecular weight is 290 g/mol. The van der Waals surface area contributed by atoms with Crippen LogP contribution in [0.2, 0.25) is 5.02 Å². The van der Waals surface area contributed by atoms with E-state index < -0.39 is 0 Å². The molecular formula is C9H8ClN3S3. The lowest BCUT2D eigenvalue weighted by Gasteiger charge is -1.97. The largest absolute Gasteiger partial charge is 0.260 e. The van der Waals surface area contributed by atoms with Gasteiger partial charge in [0.25, 0.3) is 0 Å². The number of hydrogen-bond acceptors (Lipinski definition) is 6. The van der Waals surface area contributed by atoms with Gasteiger partial charge in [-0.15, -0.1) is 10.2 Å². The second-order valence-electron chi connectivity index (χ2n) is 2.79. The molecule has 0 amide bonds. The Morgan fingerprint density at radius 3 is 2.88 bits per heavy atom. The normalized spacial score (nSPS) is 10.6. The molecule has 0 saturated heterocycles. The number of hydrogen-bond donors (Lipinski definition) is 0. The summed E-state index contributed by atoms with van der Waals surface area (Å²) in [5.41, 5.74) is 0.957. The fraction of sp³-hybridized carbons (Fsp3) is 0.222. The molecule has 0 aliphatic heterocycles. The Balaban J connectivity index is 1.96. The van der Waals surface area contributed by atoms with Gasteiger partial charge >= 0.3 is 0 Å². The Morgan fingerprint density at radius 2 is 2.19 bits per heavy atom. The highest BCUT2D eigenvalue weighted by Gasteiger charge is 2.04. The third kappa shape index (κ3) is 3.35. The quantitative estimate of drug-likeness (QED) is 0.804. The SMILES string of the molecule is CSc1nnc(SCc2cc(Cl)ccn2)s1. The first kappa shape index (κ1) is 12.2. The number of pyridine rings is 1. The van der Waals surface area contributed by atoms with Gasteiger partial charge in [-0.2, -0.15) is 0 Å². The van der Waals surface area contributed by atoms with Crippen LogP contribution in [-0.4, -0.2) is 21.4 Å². The van der Waals surface area contributed by atoms with Crippen molar-refractivity contribution in [2.24, 2.45) is 0 Å². The summed E-state index contributed by atoms with van der Waals surface area (Å²) in [5, 5.41) is 8.82. The number of rotatable bonds is 4. The molecule has 16 heavy (non-hydrogen) atoms. The highest BCUT2D eigenvalue weighted by molar-refractivity contribution is 8.02. The van der Waals surface area contributed by atoms with Crippen molar-refractivity contribution in [1.29, 1.82) is 0 Å². The van der Waals surface area contributed by atoms with Crippen LogP contribution in [0, 0.1) is 0 Å². The molecule has 0 aliphatic rings. The van der Waals surface area contributed by atoms with Crippen molar-refractivity contribution in [3.63, 3.8) is 0 Å². The topological polar surface area (TPSA) is 38.7 Å². The molecule has 7 heteroatoms. The van der Waals surface area contributed by atoms with Gasteiger partial charge in [0.05, 0.1) is 5.69 Å². The lowest BCUT2D eigenvalue weighted by atomic mass is 10.4. The van der Waals surface area contributed by atoms with Crippen LogP contribution in [0.15, 0.2) is 27.0 Å². The second-order valence-corrected chi connectivity index (χ2v) is 6.48. The highest BCUT2D eigenvalue weighted by atomic mass is 35.5. The van der Waals surface area contributed by atoms with Gasteiger partial charge in [0, 0.05) is 17.0 Å². The Hall–Kier alpha value is -0.300. The van der Waals surface area contributed by atoms with Crippen molar-refractivity contribution in [2.75, 3.05) is 6.26 Å². The van der Waals surface area contributed by atoms with Gasteiger partial charge in [-0.25, -0.2) is 0 Å². The van der Waals surface area contributed by atoms with Gasteiger partial charge in [-0.1, -0.05) is 46.5 Å². The predicted molar refractivity (Wildman–Crippen MR) is 70.5 cm³/mol. The molecule has 0 unspecified atom stereocenters. The van der Waals surface area contributed by atoms with E-state index >= 15 is 0 Å². The smallest absolute Gasteiger partial charge is 0.175 e. The summed E-state index contributed by atoms with van der Waals surface area (Å²) >= 11 is 10.7. The molecule has 0 fully saturated rings. The van der Waals surface area contributed by atoms with Gasteiger partial charge in [0.2, 0.25) is 0 Å². The van der Waals surface area contributed by atoms with Gasteiger partial charge < -0.3 is 0 Å². The number of thioether (sulfide) groups is 2. The first-order valence-corrected chi connectivity index (χ1v) is 7.79. The van der Waals surface area contributed by atoms with Gasteiger partial charge in [0.15, 0.2) is 8.68 Å². The minimum atomic E-state index is 0.715. The number of nitrogens with zero attached hydrogens (tertiary/aromatic N) is 3. The fourth-order valence-electron chi connectivity index (χ4n) is 1.00. The first-order chi connectivity index (χ1) is 7.78. The van der Waals surface area contributed by atoms with Crippen LogP contribution in [0.3, 0.4) is 0 Å². The predicted octanol–water partition coefficient (Wildman–Crippen LogP) is 3.60. The molecule has 84 valence electrons. The molecule has 2 rings (SSSR count). The maximum absolute atomic E-state index is 5.88. The molecule has 0 bridgehead atoms. The van der Waals surface area contributed by atoms with Gasteiger partial charge in [-0.05, 0) is 18.4 Å². The Kier molecular flexibility index (Phi) is 4.45. The van der Waals surface area contributed by atoms with E-state index in [0.717, 1.165) is 20.1 Å². The molecule has 0 saturated carbocycles. The van der Waals surface area contributed by atoms with Crippen molar-refractivity contribution >= 4 is 46.5 Å². The Morgan fingerprint density at radius 1 is 1.38 bits per heavy atom. The van der Waals surface area contributed by atoms with Gasteiger partial charge in [-0.3, -0.25) is 4.98 Å². The summed E-state index contributed by atoms with van der Waals surface area (Å²) in [5.74, 6) is 0.767. The highest BCUT2D eigenvalue weighted by Crippen LogP contribution is 2.29. The van der Waals surface area contributed by atoms with Crippen LogP contribution in [0.4, 0.5) is 0 Å². The minimum Gasteiger partial charge on any atom is -0.260 e. The van der Waals surface area contributed by atoms with Gasteiger partial charge in [0.1, 0.15) is 0 Å². The third-order valence-corrected chi connectivity index (χ3v) is 4.99. The van der Waals surface area contributed by atoms with Crippen molar-refractivity contribution in [3.8, 4) is 0 Å². The van der Waals surface area contributed by atoms with E-state index in [0.29, 0.717) is 5.02 Å². The first-order valence-electron chi connectivity index (χ1n) is 4.38. The number of aromatic nitrogens is 3. The maximum Gasteiger partial charge on any atom is 0.175 e. The zero-order valence-electron chi connectivity index (χ0n) is 8.38. The van der Waals surface area contributed by atoms with Crippen molar-refractivity contribution in [2.45, 2.75) is 14.4 Å². The van der Waals surface area contributed by atoms with Crippen LogP contribution in [0.5, 0.6) is 0 Å². The van der Waals surface area contributed by atoms with Crippen molar-refractivity contribution in [3.05, 3.63) is 29.0 Å². The summed E-state index contributed by atoms with van der Waals surface area (Å²) in [6.45, 7) is 0. The van der Waals surface area contributed by atoms with E-state index in [1.54, 1.807) is 47.1 Å². The molecule has 2 heterocycles. The van der Waals surface area contributed by atoms with Crippen LogP contribution >= 0.6 is 46.5 Å². The van der Waals surface area contributed by atoms with Crippen LogP contribution in [0.1, 0.15) is 5.69 Å². The molecule has 0 spiro atoms. The van der Waals surface area contributed by atoms with E-state index in [1.807, 2.05) is 12.3 Å². The van der Waals surface area contributed by atoms with Crippen LogP contribution < -0.4 is 0 Å². The molecule has 0 radical (unpaired) electrons. The van der Waals surface area contributed by atoms with Crippen molar-refractivity contribution < 1.29 is 0 Å². The molecule has 0 N–H and O–H groups in total. The van der Waals surface area contributed by atoms with E-state index in [9.17, 15) is 0 Å². The van der Waals surface area contributed by atoms with Crippen molar-refractivity contribution in [1.82, 2.24) is 15.2 Å². The summed E-state index contributed by atoms with van der Waals surface area (Å²) in [7, 11) is 0. The van der Waals surface area contributed by atoms with E-state index in [1.165, 1.54) is 0 Å². The molecule has 0 atom stereocenters. The summed E-state index contributed by atoms with van der Waals surface area (Å²) < 4.78 is 1.95. The average Bonchev–Trinajstić information content (AvgIpc) is 2.74. The van der Waals surface area contributed by atoms with E-state index in [-0.39, 0.29) is 0 Å². The Bertz CT molecular complexity index is 475. The summed E-state index contributed by atoms with van der Waals surface area (Å²) in [6.07, 6.45) is 3.71. The molecule has 0 aliphatic carbocycles. The molecule has 3 nitrogen and oxygen atoms in total. The maximum atomic E-state index is 5.88. The Labute approximate surface area is 111 Å². The monoisotopic (exact) mass is 289 g/mol. The zero-order chi connectivity index (χ0) is 11.4. The molecular weight excluding hydrogens is 282 g/mol. The van der Waals surface area contributed by atoms with Crippen LogP contribution in [-0.2, 0) is 5.75 Å². The molecule has 2 aromatic rings. The lowest BCUT2D eigenvalue weighted by molar-refractivity contribution is 0.955. The van der Waals surface area contributed by atoms with Crippen LogP contribution in [0.25, 0.3) is 0 Å². The fourth-order valence-corrected chi connectivity index (χ4v) is 3.52. The van der Waals surface area contributed by atoms with E-state index in [2.05, 4.69) is 15.2 Å². The molecule has 2 aromatic heterocycles. The summed E-state index contributed by atoms with van der Waals surface area (Å²) in [6, 6.07) is 3.64. The lowest BCUT2D eigenvalue weighted by Crippen LogP contribution is -1.85. The number of halogens is 1.